The van der Waals surface area contributed by atoms with E-state index in [1.165, 1.54) is 6.20 Å². The van der Waals surface area contributed by atoms with Gasteiger partial charge < -0.3 is 15.1 Å². The van der Waals surface area contributed by atoms with Crippen LogP contribution in [-0.4, -0.2) is 69.0 Å². The maximum absolute atomic E-state index is 13.4. The molecule has 36 heavy (non-hydrogen) atoms. The number of rotatable bonds is 6. The van der Waals surface area contributed by atoms with Crippen molar-refractivity contribution < 1.29 is 9.59 Å². The molecule has 4 heterocycles. The fourth-order valence-corrected chi connectivity index (χ4v) is 5.83. The van der Waals surface area contributed by atoms with Crippen LogP contribution in [0.15, 0.2) is 36.8 Å². The Kier molecular flexibility index (Phi) is 6.97. The Labute approximate surface area is 213 Å². The van der Waals surface area contributed by atoms with Gasteiger partial charge in [0.2, 0.25) is 0 Å². The number of aromatic amines is 1. The van der Waals surface area contributed by atoms with Crippen LogP contribution in [0.1, 0.15) is 42.8 Å². The van der Waals surface area contributed by atoms with E-state index in [1.807, 2.05) is 0 Å². The van der Waals surface area contributed by atoms with E-state index in [-0.39, 0.29) is 6.04 Å². The lowest BCUT2D eigenvalue weighted by molar-refractivity contribution is -0.146. The van der Waals surface area contributed by atoms with Crippen LogP contribution < -0.4 is 5.32 Å². The van der Waals surface area contributed by atoms with Crippen LogP contribution in [0, 0.1) is 5.92 Å². The van der Waals surface area contributed by atoms with Gasteiger partial charge in [0.15, 0.2) is 0 Å². The summed E-state index contributed by atoms with van der Waals surface area (Å²) in [6.07, 6.45) is 8.64. The Morgan fingerprint density at radius 1 is 1.22 bits per heavy atom. The lowest BCUT2D eigenvalue weighted by Gasteiger charge is -2.38. The molecule has 1 aliphatic heterocycles. The summed E-state index contributed by atoms with van der Waals surface area (Å²) in [6.45, 7) is 3.69. The lowest BCUT2D eigenvalue weighted by atomic mass is 9.89. The highest BCUT2D eigenvalue weighted by Crippen LogP contribution is 2.36. The number of nitrogens with zero attached hydrogens (tertiary/aromatic N) is 5. The Morgan fingerprint density at radius 2 is 2.08 bits per heavy atom. The summed E-state index contributed by atoms with van der Waals surface area (Å²) in [5.41, 5.74) is 3.07. The van der Waals surface area contributed by atoms with Crippen LogP contribution in [0.4, 0.5) is 5.69 Å². The molecule has 9 nitrogen and oxygen atoms in total. The van der Waals surface area contributed by atoms with Crippen LogP contribution in [0.3, 0.4) is 0 Å². The van der Waals surface area contributed by atoms with E-state index in [0.29, 0.717) is 23.7 Å². The van der Waals surface area contributed by atoms with Crippen molar-refractivity contribution >= 4 is 50.0 Å². The third-order valence-corrected chi connectivity index (χ3v) is 7.81. The first-order chi connectivity index (χ1) is 17.4. The number of aryl methyl sites for hydroxylation is 1. The van der Waals surface area contributed by atoms with Crippen molar-refractivity contribution in [3.63, 3.8) is 0 Å². The van der Waals surface area contributed by atoms with Gasteiger partial charge in [-0.25, -0.2) is 4.98 Å². The van der Waals surface area contributed by atoms with Gasteiger partial charge in [0.1, 0.15) is 0 Å². The number of benzene rings is 1. The molecule has 4 aromatic rings. The van der Waals surface area contributed by atoms with Gasteiger partial charge in [-0.05, 0) is 63.5 Å². The van der Waals surface area contributed by atoms with Crippen LogP contribution in [0.25, 0.3) is 21.1 Å². The topological polar surface area (TPSA) is 107 Å². The normalized spacial score (nSPS) is 18.3. The molecule has 1 aliphatic rings. The number of carbonyl (C=O) groups is 2. The van der Waals surface area contributed by atoms with Crippen LogP contribution in [0.2, 0.25) is 0 Å². The van der Waals surface area contributed by atoms with Gasteiger partial charge in [0.25, 0.3) is 0 Å². The van der Waals surface area contributed by atoms with Crippen molar-refractivity contribution in [3.8, 4) is 0 Å². The average Bonchev–Trinajstić information content (AvgIpc) is 3.50. The molecule has 0 saturated carbocycles. The lowest BCUT2D eigenvalue weighted by Crippen LogP contribution is -2.46. The summed E-state index contributed by atoms with van der Waals surface area (Å²) < 4.78 is 1.15. The van der Waals surface area contributed by atoms with E-state index in [1.54, 1.807) is 28.6 Å². The minimum Gasteiger partial charge on any atom is -0.327 e. The maximum Gasteiger partial charge on any atom is 0.314 e. The number of aromatic nitrogens is 4. The molecule has 3 aromatic heterocycles. The maximum atomic E-state index is 13.4. The molecule has 0 unspecified atom stereocenters. The summed E-state index contributed by atoms with van der Waals surface area (Å²) in [6, 6.07) is 6.11. The summed E-state index contributed by atoms with van der Waals surface area (Å²) in [7, 11) is 4.16. The summed E-state index contributed by atoms with van der Waals surface area (Å²) in [5.74, 6) is -0.885. The Bertz CT molecular complexity index is 1400. The largest absolute Gasteiger partial charge is 0.327 e. The molecule has 0 bridgehead atoms. The molecule has 0 aliphatic carbocycles. The Hall–Kier alpha value is -3.37. The molecule has 0 spiro atoms. The second-order valence-electron chi connectivity index (χ2n) is 9.87. The zero-order valence-electron chi connectivity index (χ0n) is 20.8. The summed E-state index contributed by atoms with van der Waals surface area (Å²) >= 11 is 1.73. The highest BCUT2D eigenvalue weighted by Gasteiger charge is 2.34. The molecule has 5 rings (SSSR count). The fourth-order valence-electron chi connectivity index (χ4n) is 4.84. The number of amides is 2. The van der Waals surface area contributed by atoms with Gasteiger partial charge >= 0.3 is 11.8 Å². The van der Waals surface area contributed by atoms with E-state index in [2.05, 4.69) is 64.6 Å². The van der Waals surface area contributed by atoms with Crippen LogP contribution in [0.5, 0.6) is 0 Å². The number of carbonyl (C=O) groups excluding carboxylic acids is 2. The van der Waals surface area contributed by atoms with Gasteiger partial charge in [0, 0.05) is 24.5 Å². The number of fused-ring (bicyclic) bond motifs is 2. The second kappa shape index (κ2) is 10.3. The van der Waals surface area contributed by atoms with Gasteiger partial charge in [-0.2, -0.15) is 5.10 Å². The first-order valence-corrected chi connectivity index (χ1v) is 13.1. The van der Waals surface area contributed by atoms with E-state index in [9.17, 15) is 9.59 Å². The monoisotopic (exact) mass is 505 g/mol. The zero-order valence-corrected chi connectivity index (χ0v) is 21.6. The van der Waals surface area contributed by atoms with Crippen molar-refractivity contribution in [2.75, 3.05) is 32.5 Å². The molecule has 2 amide bonds. The predicted molar refractivity (Wildman–Crippen MR) is 142 cm³/mol. The van der Waals surface area contributed by atoms with E-state index in [0.717, 1.165) is 58.4 Å². The predicted octanol–water partition coefficient (Wildman–Crippen LogP) is 4.00. The van der Waals surface area contributed by atoms with E-state index < -0.39 is 11.8 Å². The Morgan fingerprint density at radius 3 is 2.92 bits per heavy atom. The Balaban J connectivity index is 1.35. The number of pyridine rings is 1. The van der Waals surface area contributed by atoms with E-state index >= 15 is 0 Å². The molecule has 1 saturated heterocycles. The fraction of sp³-hybridized carbons (Fsp3) is 0.423. The number of nitrogens with one attached hydrogen (secondary N) is 2. The molecule has 1 fully saturated rings. The standard InChI is InChI=1S/C26H31N7O2S/c1-16-6-8-21(17-7-9-22-19(11-17)29-23(36-22)5-4-10-32(2)3)33(15-16)26(35)25(34)30-20-14-27-12-18-13-28-31-24(18)20/h7,9,11-14,16,21H,4-6,8,10,15H2,1-3H3,(H,28,31)(H,30,34)/t16-,21+/m0/s1. The van der Waals surface area contributed by atoms with Gasteiger partial charge in [0.05, 0.1) is 44.9 Å². The third-order valence-electron chi connectivity index (χ3n) is 6.71. The van der Waals surface area contributed by atoms with Gasteiger partial charge in [-0.15, -0.1) is 11.3 Å². The number of anilines is 1. The van der Waals surface area contributed by atoms with Crippen molar-refractivity contribution in [2.45, 2.75) is 38.6 Å². The number of H-pyrrole nitrogens is 1. The molecule has 188 valence electrons. The average molecular weight is 506 g/mol. The summed E-state index contributed by atoms with van der Waals surface area (Å²) in [4.78, 5) is 39.3. The molecular formula is C26H31N7O2S. The van der Waals surface area contributed by atoms with Crippen molar-refractivity contribution in [1.82, 2.24) is 30.0 Å². The van der Waals surface area contributed by atoms with Crippen molar-refractivity contribution in [3.05, 3.63) is 47.4 Å². The molecular weight excluding hydrogens is 474 g/mol. The number of hydrogen-bond donors (Lipinski definition) is 2. The number of likely N-dealkylation sites (tertiary alicyclic amines) is 1. The second-order valence-corrected chi connectivity index (χ2v) is 11.0. The highest BCUT2D eigenvalue weighted by atomic mass is 32.1. The minimum absolute atomic E-state index is 0.163. The first kappa shape index (κ1) is 24.3. The number of piperidine rings is 1. The highest BCUT2D eigenvalue weighted by molar-refractivity contribution is 7.18. The molecule has 2 atom stereocenters. The minimum atomic E-state index is -0.670. The van der Waals surface area contributed by atoms with E-state index in [4.69, 9.17) is 4.98 Å². The van der Waals surface area contributed by atoms with Crippen LogP contribution >= 0.6 is 11.3 Å². The smallest absolute Gasteiger partial charge is 0.314 e. The third kappa shape index (κ3) is 5.10. The quantitative estimate of drug-likeness (QED) is 0.384. The SMILES string of the molecule is C[C@H]1CC[C@H](c2ccc3sc(CCCN(C)C)nc3c2)N(C(=O)C(=O)Nc2cncc3cn[nH]c23)C1. The zero-order chi connectivity index (χ0) is 25.2. The van der Waals surface area contributed by atoms with Crippen molar-refractivity contribution in [2.24, 2.45) is 5.92 Å². The molecule has 10 heteroatoms. The summed E-state index contributed by atoms with van der Waals surface area (Å²) in [5, 5.41) is 11.5. The number of hydrogen-bond acceptors (Lipinski definition) is 7. The van der Waals surface area contributed by atoms with Crippen LogP contribution in [-0.2, 0) is 16.0 Å². The van der Waals surface area contributed by atoms with Gasteiger partial charge in [-0.1, -0.05) is 13.0 Å². The first-order valence-electron chi connectivity index (χ1n) is 12.3. The van der Waals surface area contributed by atoms with Crippen molar-refractivity contribution in [1.29, 1.82) is 0 Å². The van der Waals surface area contributed by atoms with Gasteiger partial charge in [-0.3, -0.25) is 19.7 Å². The molecule has 2 N–H and O–H groups in total. The number of thiazole rings is 1. The molecule has 0 radical (unpaired) electrons. The molecule has 1 aromatic carbocycles.